The van der Waals surface area contributed by atoms with Crippen molar-refractivity contribution in [2.45, 2.75) is 18.9 Å². The smallest absolute Gasteiger partial charge is 0.308 e. The van der Waals surface area contributed by atoms with Gasteiger partial charge in [0.1, 0.15) is 5.75 Å². The maximum atomic E-state index is 12.3. The highest BCUT2D eigenvalue weighted by Crippen LogP contribution is 2.37. The van der Waals surface area contributed by atoms with Crippen molar-refractivity contribution >= 4 is 11.9 Å². The number of piperidine rings is 1. The van der Waals surface area contributed by atoms with Crippen molar-refractivity contribution < 1.29 is 24.2 Å². The van der Waals surface area contributed by atoms with E-state index in [-0.39, 0.29) is 12.3 Å². The second-order valence-corrected chi connectivity index (χ2v) is 5.28. The third kappa shape index (κ3) is 3.39. The zero-order chi connectivity index (χ0) is 16.1. The van der Waals surface area contributed by atoms with Crippen molar-refractivity contribution in [1.82, 2.24) is 4.90 Å². The molecular formula is C16H21NO5. The molecule has 6 heteroatoms. The molecule has 1 aromatic rings. The summed E-state index contributed by atoms with van der Waals surface area (Å²) < 4.78 is 10.3. The number of carbonyl (C=O) groups excluding carboxylic acids is 1. The summed E-state index contributed by atoms with van der Waals surface area (Å²) in [7, 11) is 3.12. The second-order valence-electron chi connectivity index (χ2n) is 5.28. The highest BCUT2D eigenvalue weighted by molar-refractivity contribution is 5.81. The van der Waals surface area contributed by atoms with Crippen LogP contribution in [-0.4, -0.2) is 49.3 Å². The van der Waals surface area contributed by atoms with Gasteiger partial charge in [-0.05, 0) is 24.1 Å². The Balaban J connectivity index is 2.39. The van der Waals surface area contributed by atoms with E-state index in [4.69, 9.17) is 9.47 Å². The number of likely N-dealkylation sites (tertiary alicyclic amines) is 1. The molecule has 1 aliphatic heterocycles. The molecule has 1 fully saturated rings. The normalized spacial score (nSPS) is 21.7. The molecule has 2 rings (SSSR count). The summed E-state index contributed by atoms with van der Waals surface area (Å²) in [4.78, 5) is 25.5. The Labute approximate surface area is 129 Å². The zero-order valence-corrected chi connectivity index (χ0v) is 12.8. The van der Waals surface area contributed by atoms with Crippen molar-refractivity contribution in [3.05, 3.63) is 29.8 Å². The summed E-state index contributed by atoms with van der Waals surface area (Å²) in [5.41, 5.74) is 0.774. The largest absolute Gasteiger partial charge is 0.497 e. The van der Waals surface area contributed by atoms with E-state index in [0.717, 1.165) is 5.56 Å². The van der Waals surface area contributed by atoms with Crippen LogP contribution < -0.4 is 4.74 Å². The summed E-state index contributed by atoms with van der Waals surface area (Å²) in [5.74, 6) is -0.905. The predicted octanol–water partition coefficient (Wildman–Crippen LogP) is 1.71. The van der Waals surface area contributed by atoms with Gasteiger partial charge >= 0.3 is 5.97 Å². The van der Waals surface area contributed by atoms with E-state index in [1.165, 1.54) is 0 Å². The lowest BCUT2D eigenvalue weighted by Crippen LogP contribution is -2.46. The Kier molecular flexibility index (Phi) is 5.38. The first-order valence-electron chi connectivity index (χ1n) is 7.23. The molecule has 0 spiro atoms. The van der Waals surface area contributed by atoms with Gasteiger partial charge in [0.25, 0.3) is 0 Å². The van der Waals surface area contributed by atoms with E-state index in [9.17, 15) is 14.7 Å². The van der Waals surface area contributed by atoms with Gasteiger partial charge in [-0.1, -0.05) is 12.1 Å². The van der Waals surface area contributed by atoms with E-state index < -0.39 is 17.9 Å². The van der Waals surface area contributed by atoms with Gasteiger partial charge in [0.15, 0.2) is 0 Å². The topological polar surface area (TPSA) is 76.1 Å². The molecule has 1 heterocycles. The molecule has 1 N–H and O–H groups in total. The van der Waals surface area contributed by atoms with Crippen LogP contribution in [0.5, 0.6) is 5.75 Å². The fraction of sp³-hybridized carbons (Fsp3) is 0.500. The van der Waals surface area contributed by atoms with Gasteiger partial charge in [0, 0.05) is 20.1 Å². The monoisotopic (exact) mass is 307 g/mol. The number of amides is 1. The minimum atomic E-state index is -0.886. The Morgan fingerprint density at radius 2 is 2.18 bits per heavy atom. The van der Waals surface area contributed by atoms with Gasteiger partial charge in [-0.3, -0.25) is 9.59 Å². The zero-order valence-electron chi connectivity index (χ0n) is 12.8. The van der Waals surface area contributed by atoms with Crippen molar-refractivity contribution in [3.63, 3.8) is 0 Å². The standard InChI is InChI=1S/C16H21NO5/c1-21-9-8-17-14(18)7-6-13(16(19)20)15(17)11-4-3-5-12(10-11)22-2/h3-5,10,13,15H,6-9H2,1-2H3,(H,19,20)/t13-,15+/m0/s1. The summed E-state index contributed by atoms with van der Waals surface area (Å²) >= 11 is 0. The quantitative estimate of drug-likeness (QED) is 0.866. The highest BCUT2D eigenvalue weighted by atomic mass is 16.5. The van der Waals surface area contributed by atoms with Gasteiger partial charge in [0.2, 0.25) is 5.91 Å². The van der Waals surface area contributed by atoms with Crippen LogP contribution in [0.25, 0.3) is 0 Å². The minimum Gasteiger partial charge on any atom is -0.497 e. The number of benzene rings is 1. The van der Waals surface area contributed by atoms with Gasteiger partial charge in [-0.2, -0.15) is 0 Å². The fourth-order valence-corrected chi connectivity index (χ4v) is 2.90. The average molecular weight is 307 g/mol. The SMILES string of the molecule is COCCN1C(=O)CC[C@H](C(=O)O)[C@H]1c1cccc(OC)c1. The van der Waals surface area contributed by atoms with Gasteiger partial charge in [-0.15, -0.1) is 0 Å². The van der Waals surface area contributed by atoms with E-state index in [0.29, 0.717) is 25.3 Å². The van der Waals surface area contributed by atoms with E-state index >= 15 is 0 Å². The maximum absolute atomic E-state index is 12.3. The van der Waals surface area contributed by atoms with Crippen molar-refractivity contribution in [2.24, 2.45) is 5.92 Å². The van der Waals surface area contributed by atoms with Crippen LogP contribution in [0.15, 0.2) is 24.3 Å². The first kappa shape index (κ1) is 16.3. The molecule has 0 unspecified atom stereocenters. The Hall–Kier alpha value is -2.08. The molecule has 6 nitrogen and oxygen atoms in total. The lowest BCUT2D eigenvalue weighted by atomic mass is 9.84. The van der Waals surface area contributed by atoms with Crippen molar-refractivity contribution in [1.29, 1.82) is 0 Å². The maximum Gasteiger partial charge on any atom is 0.308 e. The third-order valence-corrected chi connectivity index (χ3v) is 4.00. The van der Waals surface area contributed by atoms with E-state index in [1.807, 2.05) is 6.07 Å². The highest BCUT2D eigenvalue weighted by Gasteiger charge is 2.40. The van der Waals surface area contributed by atoms with Crippen LogP contribution in [0.4, 0.5) is 0 Å². The molecule has 1 aromatic carbocycles. The first-order valence-corrected chi connectivity index (χ1v) is 7.23. The van der Waals surface area contributed by atoms with Crippen LogP contribution in [-0.2, 0) is 14.3 Å². The summed E-state index contributed by atoms with van der Waals surface area (Å²) in [6, 6.07) is 6.73. The lowest BCUT2D eigenvalue weighted by Gasteiger charge is -2.39. The predicted molar refractivity (Wildman–Crippen MR) is 79.7 cm³/mol. The summed E-state index contributed by atoms with van der Waals surface area (Å²) in [5, 5.41) is 9.53. The molecular weight excluding hydrogens is 286 g/mol. The Morgan fingerprint density at radius 1 is 1.41 bits per heavy atom. The molecule has 0 saturated carbocycles. The molecule has 2 atom stereocenters. The molecule has 120 valence electrons. The fourth-order valence-electron chi connectivity index (χ4n) is 2.90. The Bertz CT molecular complexity index is 545. The molecule has 0 aromatic heterocycles. The molecule has 0 bridgehead atoms. The molecule has 0 radical (unpaired) electrons. The van der Waals surface area contributed by atoms with Crippen LogP contribution >= 0.6 is 0 Å². The van der Waals surface area contributed by atoms with Crippen LogP contribution in [0.3, 0.4) is 0 Å². The van der Waals surface area contributed by atoms with E-state index in [2.05, 4.69) is 0 Å². The number of hydrogen-bond donors (Lipinski definition) is 1. The molecule has 1 aliphatic rings. The number of nitrogens with zero attached hydrogens (tertiary/aromatic N) is 1. The lowest BCUT2D eigenvalue weighted by molar-refractivity contribution is -0.152. The van der Waals surface area contributed by atoms with Crippen molar-refractivity contribution in [2.75, 3.05) is 27.4 Å². The number of carbonyl (C=O) groups is 2. The molecule has 0 aliphatic carbocycles. The molecule has 22 heavy (non-hydrogen) atoms. The summed E-state index contributed by atoms with van der Waals surface area (Å²) in [6.45, 7) is 0.750. The van der Waals surface area contributed by atoms with Gasteiger partial charge in [-0.25, -0.2) is 0 Å². The third-order valence-electron chi connectivity index (χ3n) is 4.00. The molecule has 1 amide bonds. The molecule has 1 saturated heterocycles. The number of methoxy groups -OCH3 is 2. The number of carboxylic acid groups (broad SMARTS) is 1. The minimum absolute atomic E-state index is 0.0395. The van der Waals surface area contributed by atoms with Crippen LogP contribution in [0.1, 0.15) is 24.4 Å². The Morgan fingerprint density at radius 3 is 2.82 bits per heavy atom. The second kappa shape index (κ2) is 7.26. The average Bonchev–Trinajstić information content (AvgIpc) is 2.53. The summed E-state index contributed by atoms with van der Waals surface area (Å²) in [6.07, 6.45) is 0.598. The first-order chi connectivity index (χ1) is 10.6. The van der Waals surface area contributed by atoms with Crippen LogP contribution in [0.2, 0.25) is 0 Å². The number of ether oxygens (including phenoxy) is 2. The number of hydrogen-bond acceptors (Lipinski definition) is 4. The van der Waals surface area contributed by atoms with Crippen molar-refractivity contribution in [3.8, 4) is 5.75 Å². The van der Waals surface area contributed by atoms with E-state index in [1.54, 1.807) is 37.3 Å². The van der Waals surface area contributed by atoms with Crippen LogP contribution in [0, 0.1) is 5.92 Å². The number of rotatable bonds is 6. The number of aliphatic carboxylic acids is 1. The van der Waals surface area contributed by atoms with Gasteiger partial charge < -0.3 is 19.5 Å². The van der Waals surface area contributed by atoms with Gasteiger partial charge in [0.05, 0.1) is 25.7 Å². The number of carboxylic acids is 1.